The molecule has 0 bridgehead atoms. The number of hydrogen-bond donors (Lipinski definition) is 0. The largest absolute Gasteiger partial charge is 1.00 e. The second-order valence-electron chi connectivity index (χ2n) is 4.09. The van der Waals surface area contributed by atoms with E-state index in [1.807, 2.05) is 29.8 Å². The van der Waals surface area contributed by atoms with E-state index in [1.165, 1.54) is 6.07 Å². The van der Waals surface area contributed by atoms with E-state index in [-0.39, 0.29) is 22.8 Å². The summed E-state index contributed by atoms with van der Waals surface area (Å²) in [5, 5.41) is 0.738. The van der Waals surface area contributed by atoms with Gasteiger partial charge in [-0.15, -0.1) is 0 Å². The zero-order valence-electron chi connectivity index (χ0n) is 9.82. The smallest absolute Gasteiger partial charge is 0.226 e. The van der Waals surface area contributed by atoms with Crippen molar-refractivity contribution in [3.63, 3.8) is 0 Å². The number of fused-ring (bicyclic) bond motifs is 1. The highest BCUT2D eigenvalue weighted by atomic mass is 79.9. The van der Waals surface area contributed by atoms with Crippen molar-refractivity contribution in [2.24, 2.45) is 0 Å². The Morgan fingerprint density at radius 2 is 2.00 bits per heavy atom. The molecule has 2 aromatic carbocycles. The van der Waals surface area contributed by atoms with Crippen molar-refractivity contribution in [3.05, 3.63) is 64.4 Å². The van der Waals surface area contributed by atoms with Crippen LogP contribution in [-0.2, 0) is 6.54 Å². The summed E-state index contributed by atoms with van der Waals surface area (Å²) in [6.45, 7) is 0.666. The SMILES string of the molecule is Fc1cccc(C[n+]2csc3cc(Cl)ccc32)c1.[Br-]. The van der Waals surface area contributed by atoms with Crippen molar-refractivity contribution in [1.82, 2.24) is 0 Å². The third-order valence-electron chi connectivity index (χ3n) is 2.78. The molecule has 3 aromatic rings. The number of rotatable bonds is 2. The summed E-state index contributed by atoms with van der Waals surface area (Å²) in [5.74, 6) is -0.198. The summed E-state index contributed by atoms with van der Waals surface area (Å²) in [6, 6.07) is 12.5. The van der Waals surface area contributed by atoms with E-state index in [9.17, 15) is 4.39 Å². The van der Waals surface area contributed by atoms with E-state index in [1.54, 1.807) is 23.5 Å². The maximum Gasteiger partial charge on any atom is 0.226 e. The van der Waals surface area contributed by atoms with E-state index in [0.29, 0.717) is 6.54 Å². The van der Waals surface area contributed by atoms with E-state index >= 15 is 0 Å². The van der Waals surface area contributed by atoms with Gasteiger partial charge in [0.1, 0.15) is 10.5 Å². The Morgan fingerprint density at radius 1 is 1.16 bits per heavy atom. The molecule has 0 saturated carbocycles. The standard InChI is InChI=1S/C14H10ClFNS.BrH/c15-11-4-5-13-14(7-11)18-9-17(13)8-10-2-1-3-12(16)6-10;/h1-7,9H,8H2;1H/q+1;/p-1. The van der Waals surface area contributed by atoms with Gasteiger partial charge in [-0.3, -0.25) is 0 Å². The highest BCUT2D eigenvalue weighted by Crippen LogP contribution is 2.21. The van der Waals surface area contributed by atoms with Gasteiger partial charge < -0.3 is 17.0 Å². The molecule has 0 N–H and O–H groups in total. The van der Waals surface area contributed by atoms with Crippen LogP contribution in [0.2, 0.25) is 5.02 Å². The number of halogens is 3. The van der Waals surface area contributed by atoms with Gasteiger partial charge in [0.25, 0.3) is 0 Å². The second kappa shape index (κ2) is 5.99. The lowest BCUT2D eigenvalue weighted by atomic mass is 10.2. The van der Waals surface area contributed by atoms with Crippen LogP contribution >= 0.6 is 22.9 Å². The number of hydrogen-bond acceptors (Lipinski definition) is 1. The molecular weight excluding hydrogens is 349 g/mol. The molecule has 0 fully saturated rings. The lowest BCUT2D eigenvalue weighted by molar-refractivity contribution is -0.658. The highest BCUT2D eigenvalue weighted by molar-refractivity contribution is 7.16. The maximum absolute atomic E-state index is 13.1. The summed E-state index contributed by atoms with van der Waals surface area (Å²) >= 11 is 7.59. The summed E-state index contributed by atoms with van der Waals surface area (Å²) in [5.41, 5.74) is 4.11. The molecule has 1 heterocycles. The van der Waals surface area contributed by atoms with E-state index < -0.39 is 0 Å². The second-order valence-corrected chi connectivity index (χ2v) is 5.42. The van der Waals surface area contributed by atoms with Crippen molar-refractivity contribution in [2.75, 3.05) is 0 Å². The van der Waals surface area contributed by atoms with Crippen LogP contribution in [0.5, 0.6) is 0 Å². The molecule has 0 aliphatic heterocycles. The topological polar surface area (TPSA) is 3.88 Å². The molecule has 0 saturated heterocycles. The molecule has 0 radical (unpaired) electrons. The summed E-state index contributed by atoms with van der Waals surface area (Å²) in [4.78, 5) is 0. The third kappa shape index (κ3) is 3.14. The van der Waals surface area contributed by atoms with Gasteiger partial charge in [0.2, 0.25) is 11.0 Å². The molecule has 5 heteroatoms. The van der Waals surface area contributed by atoms with Gasteiger partial charge in [0.05, 0.1) is 0 Å². The molecule has 0 amide bonds. The first kappa shape index (κ1) is 14.4. The summed E-state index contributed by atoms with van der Waals surface area (Å²) in [6.07, 6.45) is 0. The first-order valence-electron chi connectivity index (χ1n) is 5.53. The molecular formula is C14H10BrClFNS. The van der Waals surface area contributed by atoms with Crippen LogP contribution in [0.3, 0.4) is 0 Å². The van der Waals surface area contributed by atoms with Crippen molar-refractivity contribution >= 4 is 33.2 Å². The Kier molecular flexibility index (Phi) is 4.55. The van der Waals surface area contributed by atoms with Gasteiger partial charge in [0.15, 0.2) is 6.54 Å². The molecule has 0 aliphatic rings. The molecule has 19 heavy (non-hydrogen) atoms. The van der Waals surface area contributed by atoms with Gasteiger partial charge in [-0.05, 0) is 24.3 Å². The number of benzene rings is 2. The predicted octanol–water partition coefficient (Wildman–Crippen LogP) is 1.03. The molecule has 0 atom stereocenters. The fraction of sp³-hybridized carbons (Fsp3) is 0.0714. The van der Waals surface area contributed by atoms with Gasteiger partial charge in [-0.1, -0.05) is 35.1 Å². The van der Waals surface area contributed by atoms with Crippen LogP contribution in [-0.4, -0.2) is 0 Å². The lowest BCUT2D eigenvalue weighted by Gasteiger charge is -1.97. The molecule has 1 aromatic heterocycles. The fourth-order valence-corrected chi connectivity index (χ4v) is 3.12. The Hall–Kier alpha value is -0.970. The van der Waals surface area contributed by atoms with Crippen molar-refractivity contribution < 1.29 is 25.9 Å². The van der Waals surface area contributed by atoms with Crippen molar-refractivity contribution in [1.29, 1.82) is 0 Å². The first-order chi connectivity index (χ1) is 8.72. The normalized spacial score (nSPS) is 10.4. The quantitative estimate of drug-likeness (QED) is 0.603. The number of nitrogens with zero attached hydrogens (tertiary/aromatic N) is 1. The van der Waals surface area contributed by atoms with Crippen molar-refractivity contribution in [2.45, 2.75) is 6.54 Å². The molecule has 3 rings (SSSR count). The predicted molar refractivity (Wildman–Crippen MR) is 72.5 cm³/mol. The highest BCUT2D eigenvalue weighted by Gasteiger charge is 2.12. The zero-order chi connectivity index (χ0) is 12.5. The van der Waals surface area contributed by atoms with Crippen molar-refractivity contribution in [3.8, 4) is 0 Å². The van der Waals surface area contributed by atoms with E-state index in [4.69, 9.17) is 11.6 Å². The molecule has 1 nitrogen and oxygen atoms in total. The Labute approximate surface area is 130 Å². The number of aromatic nitrogens is 1. The Balaban J connectivity index is 0.00000133. The molecule has 0 unspecified atom stereocenters. The summed E-state index contributed by atoms with van der Waals surface area (Å²) in [7, 11) is 0. The Morgan fingerprint density at radius 3 is 2.79 bits per heavy atom. The average Bonchev–Trinajstić information content (AvgIpc) is 2.72. The molecule has 98 valence electrons. The average molecular weight is 359 g/mol. The first-order valence-corrected chi connectivity index (χ1v) is 6.79. The van der Waals surface area contributed by atoms with Gasteiger partial charge in [-0.2, -0.15) is 4.57 Å². The van der Waals surface area contributed by atoms with Gasteiger partial charge >= 0.3 is 0 Å². The van der Waals surface area contributed by atoms with Gasteiger partial charge in [0, 0.05) is 16.7 Å². The minimum atomic E-state index is -0.198. The van der Waals surface area contributed by atoms with E-state index in [2.05, 4.69) is 4.57 Å². The monoisotopic (exact) mass is 357 g/mol. The van der Waals surface area contributed by atoms with Crippen LogP contribution in [0.25, 0.3) is 10.2 Å². The maximum atomic E-state index is 13.1. The van der Waals surface area contributed by atoms with Crippen LogP contribution in [0, 0.1) is 5.82 Å². The zero-order valence-corrected chi connectivity index (χ0v) is 13.0. The summed E-state index contributed by atoms with van der Waals surface area (Å²) < 4.78 is 16.4. The van der Waals surface area contributed by atoms with Crippen LogP contribution in [0.15, 0.2) is 48.0 Å². The third-order valence-corrected chi connectivity index (χ3v) is 3.96. The molecule has 0 spiro atoms. The number of thiazole rings is 1. The lowest BCUT2D eigenvalue weighted by Crippen LogP contribution is -3.00. The molecule has 0 aliphatic carbocycles. The van der Waals surface area contributed by atoms with Gasteiger partial charge in [-0.25, -0.2) is 4.39 Å². The minimum absolute atomic E-state index is 0. The Bertz CT molecular complexity index is 713. The minimum Gasteiger partial charge on any atom is -1.00 e. The van der Waals surface area contributed by atoms with Crippen LogP contribution in [0.1, 0.15) is 5.56 Å². The van der Waals surface area contributed by atoms with E-state index in [0.717, 1.165) is 20.8 Å². The van der Waals surface area contributed by atoms with Crippen LogP contribution in [0.4, 0.5) is 4.39 Å². The van der Waals surface area contributed by atoms with Crippen LogP contribution < -0.4 is 21.5 Å². The fourth-order valence-electron chi connectivity index (χ4n) is 1.95.